The van der Waals surface area contributed by atoms with Crippen molar-refractivity contribution in [2.75, 3.05) is 18.4 Å². The van der Waals surface area contributed by atoms with Crippen molar-refractivity contribution in [1.29, 1.82) is 0 Å². The van der Waals surface area contributed by atoms with Gasteiger partial charge in [0.25, 0.3) is 0 Å². The van der Waals surface area contributed by atoms with Gasteiger partial charge in [-0.3, -0.25) is 4.79 Å². The summed E-state index contributed by atoms with van der Waals surface area (Å²) in [5.74, 6) is 0.853. The molecule has 98 valence electrons. The second-order valence-electron chi connectivity index (χ2n) is 5.40. The van der Waals surface area contributed by atoms with E-state index in [1.165, 1.54) is 18.4 Å². The van der Waals surface area contributed by atoms with E-state index in [1.54, 1.807) is 0 Å². The van der Waals surface area contributed by atoms with Crippen molar-refractivity contribution < 1.29 is 4.79 Å². The van der Waals surface area contributed by atoms with Crippen LogP contribution in [-0.2, 0) is 4.79 Å². The smallest absolute Gasteiger partial charge is 0.238 e. The Hall–Kier alpha value is -1.35. The zero-order valence-corrected chi connectivity index (χ0v) is 11.5. The number of anilines is 1. The lowest BCUT2D eigenvalue weighted by Crippen LogP contribution is -2.29. The molecular weight excluding hydrogens is 224 g/mol. The first-order valence-electron chi connectivity index (χ1n) is 6.64. The Bertz CT molecular complexity index is 427. The van der Waals surface area contributed by atoms with Gasteiger partial charge >= 0.3 is 0 Å². The summed E-state index contributed by atoms with van der Waals surface area (Å²) in [4.78, 5) is 11.8. The zero-order chi connectivity index (χ0) is 13.1. The molecule has 3 heteroatoms. The molecule has 0 radical (unpaired) electrons. The Morgan fingerprint density at radius 3 is 2.39 bits per heavy atom. The zero-order valence-electron chi connectivity index (χ0n) is 11.5. The highest BCUT2D eigenvalue weighted by molar-refractivity contribution is 5.93. The van der Waals surface area contributed by atoms with Crippen LogP contribution in [0.4, 0.5) is 5.69 Å². The summed E-state index contributed by atoms with van der Waals surface area (Å²) in [6.07, 6.45) is 2.62. The third kappa shape index (κ3) is 3.57. The van der Waals surface area contributed by atoms with Gasteiger partial charge in [-0.25, -0.2) is 0 Å². The quantitative estimate of drug-likeness (QED) is 0.838. The summed E-state index contributed by atoms with van der Waals surface area (Å²) in [6.45, 7) is 7.52. The van der Waals surface area contributed by atoms with Crippen molar-refractivity contribution in [3.8, 4) is 0 Å². The molecule has 2 rings (SSSR count). The number of benzene rings is 1. The van der Waals surface area contributed by atoms with Gasteiger partial charge in [0, 0.05) is 5.69 Å². The molecule has 1 aromatic rings. The van der Waals surface area contributed by atoms with E-state index < -0.39 is 0 Å². The number of hydrogen-bond acceptors (Lipinski definition) is 2. The van der Waals surface area contributed by atoms with Crippen LogP contribution in [0.25, 0.3) is 0 Å². The fourth-order valence-electron chi connectivity index (χ4n) is 2.27. The fraction of sp³-hybridized carbons (Fsp3) is 0.533. The lowest BCUT2D eigenvalue weighted by atomic mass is 10.1. The summed E-state index contributed by atoms with van der Waals surface area (Å²) in [5.41, 5.74) is 4.44. The van der Waals surface area contributed by atoms with Gasteiger partial charge < -0.3 is 10.6 Å². The van der Waals surface area contributed by atoms with Gasteiger partial charge in [-0.2, -0.15) is 0 Å². The van der Waals surface area contributed by atoms with Crippen LogP contribution in [-0.4, -0.2) is 19.0 Å². The van der Waals surface area contributed by atoms with Crippen molar-refractivity contribution in [2.45, 2.75) is 33.6 Å². The molecule has 1 aliphatic carbocycles. The Balaban J connectivity index is 1.89. The van der Waals surface area contributed by atoms with Crippen LogP contribution in [0.1, 0.15) is 29.5 Å². The van der Waals surface area contributed by atoms with Crippen LogP contribution in [0.5, 0.6) is 0 Å². The van der Waals surface area contributed by atoms with Gasteiger partial charge in [0.05, 0.1) is 6.54 Å². The fourth-order valence-corrected chi connectivity index (χ4v) is 2.27. The molecule has 0 aliphatic heterocycles. The van der Waals surface area contributed by atoms with E-state index in [1.807, 2.05) is 13.8 Å². The van der Waals surface area contributed by atoms with Crippen molar-refractivity contribution >= 4 is 11.6 Å². The second-order valence-corrected chi connectivity index (χ2v) is 5.40. The minimum absolute atomic E-state index is 0.0469. The van der Waals surface area contributed by atoms with Crippen LogP contribution >= 0.6 is 0 Å². The maximum Gasteiger partial charge on any atom is 0.238 e. The maximum atomic E-state index is 11.8. The number of aryl methyl sites for hydroxylation is 3. The van der Waals surface area contributed by atoms with E-state index in [-0.39, 0.29) is 5.91 Å². The molecule has 0 saturated heterocycles. The average molecular weight is 246 g/mol. The molecule has 1 fully saturated rings. The second kappa shape index (κ2) is 5.53. The van der Waals surface area contributed by atoms with Gasteiger partial charge in [0.2, 0.25) is 5.91 Å². The Kier molecular flexibility index (Phi) is 4.02. The van der Waals surface area contributed by atoms with Crippen LogP contribution in [0, 0.1) is 26.7 Å². The highest BCUT2D eigenvalue weighted by atomic mass is 16.1. The monoisotopic (exact) mass is 246 g/mol. The van der Waals surface area contributed by atoms with Crippen molar-refractivity contribution in [1.82, 2.24) is 5.32 Å². The highest BCUT2D eigenvalue weighted by Crippen LogP contribution is 2.27. The van der Waals surface area contributed by atoms with E-state index in [4.69, 9.17) is 0 Å². The van der Waals surface area contributed by atoms with Gasteiger partial charge in [0.1, 0.15) is 0 Å². The van der Waals surface area contributed by atoms with E-state index in [9.17, 15) is 4.79 Å². The molecule has 1 aliphatic rings. The minimum atomic E-state index is 0.0469. The Morgan fingerprint density at radius 2 is 1.83 bits per heavy atom. The molecule has 1 saturated carbocycles. The van der Waals surface area contributed by atoms with E-state index in [2.05, 4.69) is 29.7 Å². The highest BCUT2D eigenvalue weighted by Gasteiger charge is 2.20. The van der Waals surface area contributed by atoms with Crippen molar-refractivity contribution in [2.24, 2.45) is 5.92 Å². The molecule has 2 N–H and O–H groups in total. The largest absolute Gasteiger partial charge is 0.324 e. The summed E-state index contributed by atoms with van der Waals surface area (Å²) >= 11 is 0. The minimum Gasteiger partial charge on any atom is -0.324 e. The van der Waals surface area contributed by atoms with Crippen LogP contribution in [0.3, 0.4) is 0 Å². The predicted molar refractivity (Wildman–Crippen MR) is 74.9 cm³/mol. The topological polar surface area (TPSA) is 41.1 Å². The first-order valence-corrected chi connectivity index (χ1v) is 6.64. The Morgan fingerprint density at radius 1 is 1.22 bits per heavy atom. The first-order chi connectivity index (χ1) is 8.56. The molecule has 0 unspecified atom stereocenters. The number of nitrogens with one attached hydrogen (secondary N) is 2. The van der Waals surface area contributed by atoms with Crippen molar-refractivity contribution in [3.05, 3.63) is 28.8 Å². The molecule has 18 heavy (non-hydrogen) atoms. The lowest BCUT2D eigenvalue weighted by molar-refractivity contribution is -0.115. The average Bonchev–Trinajstić information content (AvgIpc) is 3.07. The molecule has 1 amide bonds. The summed E-state index contributed by atoms with van der Waals surface area (Å²) in [5, 5.41) is 6.20. The van der Waals surface area contributed by atoms with Crippen LogP contribution in [0.2, 0.25) is 0 Å². The van der Waals surface area contributed by atoms with Crippen LogP contribution < -0.4 is 10.6 Å². The number of carbonyl (C=O) groups is 1. The number of amides is 1. The van der Waals surface area contributed by atoms with Crippen LogP contribution in [0.15, 0.2) is 12.1 Å². The van der Waals surface area contributed by atoms with E-state index >= 15 is 0 Å². The maximum absolute atomic E-state index is 11.8. The van der Waals surface area contributed by atoms with Gasteiger partial charge in [-0.15, -0.1) is 0 Å². The normalized spacial score (nSPS) is 14.6. The van der Waals surface area contributed by atoms with E-state index in [0.29, 0.717) is 6.54 Å². The molecule has 0 aromatic heterocycles. The predicted octanol–water partition coefficient (Wildman–Crippen LogP) is 2.55. The first kappa shape index (κ1) is 13.1. The van der Waals surface area contributed by atoms with Gasteiger partial charge in [-0.1, -0.05) is 17.7 Å². The third-order valence-corrected chi connectivity index (χ3v) is 3.36. The van der Waals surface area contributed by atoms with Gasteiger partial charge in [0.15, 0.2) is 0 Å². The summed E-state index contributed by atoms with van der Waals surface area (Å²) in [7, 11) is 0. The molecular formula is C15H22N2O. The molecule has 1 aromatic carbocycles. The van der Waals surface area contributed by atoms with Gasteiger partial charge in [-0.05, 0) is 57.2 Å². The molecule has 0 spiro atoms. The summed E-state index contributed by atoms with van der Waals surface area (Å²) < 4.78 is 0. The Labute approximate surface area is 109 Å². The molecule has 0 heterocycles. The standard InChI is InChI=1S/C15H22N2O/c1-10-6-11(2)15(12(3)7-10)17-14(18)9-16-8-13-4-5-13/h6-7,13,16H,4-5,8-9H2,1-3H3,(H,17,18). The SMILES string of the molecule is Cc1cc(C)c(NC(=O)CNCC2CC2)c(C)c1. The lowest BCUT2D eigenvalue weighted by Gasteiger charge is -2.13. The van der Waals surface area contributed by atoms with E-state index in [0.717, 1.165) is 29.3 Å². The number of hydrogen-bond donors (Lipinski definition) is 2. The number of carbonyl (C=O) groups excluding carboxylic acids is 1. The number of rotatable bonds is 5. The summed E-state index contributed by atoms with van der Waals surface area (Å²) in [6, 6.07) is 4.19. The molecule has 0 bridgehead atoms. The molecule has 0 atom stereocenters. The van der Waals surface area contributed by atoms with Crippen molar-refractivity contribution in [3.63, 3.8) is 0 Å². The third-order valence-electron chi connectivity index (χ3n) is 3.36. The molecule has 3 nitrogen and oxygen atoms in total.